The van der Waals surface area contributed by atoms with Gasteiger partial charge < -0.3 is 14.2 Å². The fraction of sp³-hybridized carbons (Fsp3) is 0.571. The standard InChI is InChI=1S/C14H20O3/c1-9-5-11(9)6-10-7-12(15-2)14(17-4)13(8-10)16-3/h7-9,11H,5-6H2,1-4H3. The van der Waals surface area contributed by atoms with Crippen LogP contribution in [0.1, 0.15) is 18.9 Å². The predicted molar refractivity (Wildman–Crippen MR) is 67.1 cm³/mol. The van der Waals surface area contributed by atoms with E-state index in [2.05, 4.69) is 6.92 Å². The molecule has 0 radical (unpaired) electrons. The first-order valence-electron chi connectivity index (χ1n) is 5.98. The summed E-state index contributed by atoms with van der Waals surface area (Å²) in [5, 5.41) is 0. The molecule has 0 aliphatic heterocycles. The molecule has 0 N–H and O–H groups in total. The fourth-order valence-electron chi connectivity index (χ4n) is 2.24. The Labute approximate surface area is 103 Å². The van der Waals surface area contributed by atoms with E-state index < -0.39 is 0 Å². The highest BCUT2D eigenvalue weighted by molar-refractivity contribution is 5.54. The second-order valence-corrected chi connectivity index (χ2v) is 4.71. The summed E-state index contributed by atoms with van der Waals surface area (Å²) in [6, 6.07) is 4.10. The number of rotatable bonds is 5. The average Bonchev–Trinajstić information content (AvgIpc) is 3.03. The Morgan fingerprint density at radius 1 is 1.06 bits per heavy atom. The fourth-order valence-corrected chi connectivity index (χ4v) is 2.24. The van der Waals surface area contributed by atoms with Gasteiger partial charge in [0.05, 0.1) is 21.3 Å². The van der Waals surface area contributed by atoms with E-state index in [0.29, 0.717) is 5.75 Å². The van der Waals surface area contributed by atoms with Crippen molar-refractivity contribution in [1.82, 2.24) is 0 Å². The molecule has 0 spiro atoms. The van der Waals surface area contributed by atoms with Crippen LogP contribution < -0.4 is 14.2 Å². The summed E-state index contributed by atoms with van der Waals surface area (Å²) in [6.45, 7) is 2.29. The summed E-state index contributed by atoms with van der Waals surface area (Å²) in [4.78, 5) is 0. The summed E-state index contributed by atoms with van der Waals surface area (Å²) in [5.74, 6) is 3.83. The van der Waals surface area contributed by atoms with Gasteiger partial charge in [0, 0.05) is 0 Å². The molecule has 0 amide bonds. The van der Waals surface area contributed by atoms with Gasteiger partial charge in [0.2, 0.25) is 5.75 Å². The molecule has 1 aliphatic carbocycles. The minimum absolute atomic E-state index is 0.669. The van der Waals surface area contributed by atoms with Gasteiger partial charge in [-0.2, -0.15) is 0 Å². The number of hydrogen-bond acceptors (Lipinski definition) is 3. The lowest BCUT2D eigenvalue weighted by molar-refractivity contribution is 0.323. The lowest BCUT2D eigenvalue weighted by Gasteiger charge is -2.14. The molecule has 2 unspecified atom stereocenters. The number of hydrogen-bond donors (Lipinski definition) is 0. The summed E-state index contributed by atoms with van der Waals surface area (Å²) in [6.07, 6.45) is 2.43. The second kappa shape index (κ2) is 4.86. The molecule has 3 nitrogen and oxygen atoms in total. The highest BCUT2D eigenvalue weighted by atomic mass is 16.5. The van der Waals surface area contributed by atoms with E-state index in [9.17, 15) is 0 Å². The number of ether oxygens (including phenoxy) is 3. The Hall–Kier alpha value is -1.38. The third-order valence-corrected chi connectivity index (χ3v) is 3.50. The van der Waals surface area contributed by atoms with Gasteiger partial charge in [0.1, 0.15) is 0 Å². The van der Waals surface area contributed by atoms with Gasteiger partial charge in [-0.1, -0.05) is 6.92 Å². The Kier molecular flexibility index (Phi) is 3.46. The van der Waals surface area contributed by atoms with Crippen molar-refractivity contribution < 1.29 is 14.2 Å². The zero-order chi connectivity index (χ0) is 12.4. The van der Waals surface area contributed by atoms with E-state index in [0.717, 1.165) is 29.8 Å². The molecule has 1 aliphatic rings. The van der Waals surface area contributed by atoms with Crippen LogP contribution in [-0.4, -0.2) is 21.3 Å². The molecule has 2 atom stereocenters. The zero-order valence-electron chi connectivity index (χ0n) is 10.9. The quantitative estimate of drug-likeness (QED) is 0.786. The zero-order valence-corrected chi connectivity index (χ0v) is 10.9. The summed E-state index contributed by atoms with van der Waals surface area (Å²) >= 11 is 0. The van der Waals surface area contributed by atoms with Crippen molar-refractivity contribution in [3.05, 3.63) is 17.7 Å². The van der Waals surface area contributed by atoms with Gasteiger partial charge in [-0.05, 0) is 42.4 Å². The Morgan fingerprint density at radius 2 is 1.59 bits per heavy atom. The number of methoxy groups -OCH3 is 3. The summed E-state index contributed by atoms with van der Waals surface area (Å²) in [7, 11) is 4.94. The molecule has 0 saturated heterocycles. The summed E-state index contributed by atoms with van der Waals surface area (Å²) in [5.41, 5.74) is 1.26. The average molecular weight is 236 g/mol. The van der Waals surface area contributed by atoms with Crippen LogP contribution in [0.5, 0.6) is 17.2 Å². The molecule has 94 valence electrons. The molecule has 3 heteroatoms. The van der Waals surface area contributed by atoms with Crippen LogP contribution in [0.25, 0.3) is 0 Å². The van der Waals surface area contributed by atoms with Crippen molar-refractivity contribution in [3.8, 4) is 17.2 Å². The van der Waals surface area contributed by atoms with E-state index in [1.807, 2.05) is 12.1 Å². The molecule has 1 aromatic carbocycles. The molecule has 1 aromatic rings. The third-order valence-electron chi connectivity index (χ3n) is 3.50. The largest absolute Gasteiger partial charge is 0.493 e. The van der Waals surface area contributed by atoms with E-state index >= 15 is 0 Å². The maximum absolute atomic E-state index is 5.34. The van der Waals surface area contributed by atoms with Gasteiger partial charge in [-0.25, -0.2) is 0 Å². The van der Waals surface area contributed by atoms with Crippen molar-refractivity contribution in [2.75, 3.05) is 21.3 Å². The normalized spacial score (nSPS) is 22.1. The SMILES string of the molecule is COc1cc(CC2CC2C)cc(OC)c1OC. The smallest absolute Gasteiger partial charge is 0.203 e. The predicted octanol–water partition coefficient (Wildman–Crippen LogP) is 2.91. The van der Waals surface area contributed by atoms with Crippen molar-refractivity contribution in [3.63, 3.8) is 0 Å². The highest BCUT2D eigenvalue weighted by Crippen LogP contribution is 2.43. The van der Waals surface area contributed by atoms with Crippen LogP contribution >= 0.6 is 0 Å². The molecule has 0 aromatic heterocycles. The molecule has 0 bridgehead atoms. The molecular weight excluding hydrogens is 216 g/mol. The van der Waals surface area contributed by atoms with Gasteiger partial charge in [-0.15, -0.1) is 0 Å². The molecule has 1 saturated carbocycles. The minimum atomic E-state index is 0.669. The maximum atomic E-state index is 5.34. The first-order valence-corrected chi connectivity index (χ1v) is 5.98. The van der Waals surface area contributed by atoms with Gasteiger partial charge in [0.25, 0.3) is 0 Å². The van der Waals surface area contributed by atoms with Gasteiger partial charge in [-0.3, -0.25) is 0 Å². The van der Waals surface area contributed by atoms with Crippen LogP contribution in [-0.2, 0) is 6.42 Å². The van der Waals surface area contributed by atoms with Crippen molar-refractivity contribution in [1.29, 1.82) is 0 Å². The second-order valence-electron chi connectivity index (χ2n) is 4.71. The minimum Gasteiger partial charge on any atom is -0.493 e. The van der Waals surface area contributed by atoms with Gasteiger partial charge in [0.15, 0.2) is 11.5 Å². The molecule has 17 heavy (non-hydrogen) atoms. The van der Waals surface area contributed by atoms with Crippen LogP contribution in [0.3, 0.4) is 0 Å². The van der Waals surface area contributed by atoms with E-state index in [1.54, 1.807) is 21.3 Å². The molecular formula is C14H20O3. The lowest BCUT2D eigenvalue weighted by Crippen LogP contribution is -1.98. The van der Waals surface area contributed by atoms with Crippen LogP contribution in [0.4, 0.5) is 0 Å². The van der Waals surface area contributed by atoms with Gasteiger partial charge >= 0.3 is 0 Å². The van der Waals surface area contributed by atoms with Crippen LogP contribution in [0.2, 0.25) is 0 Å². The van der Waals surface area contributed by atoms with Crippen molar-refractivity contribution >= 4 is 0 Å². The lowest BCUT2D eigenvalue weighted by atomic mass is 10.1. The topological polar surface area (TPSA) is 27.7 Å². The first-order chi connectivity index (χ1) is 8.19. The highest BCUT2D eigenvalue weighted by Gasteiger charge is 2.32. The Bertz CT molecular complexity index is 375. The van der Waals surface area contributed by atoms with Crippen molar-refractivity contribution in [2.24, 2.45) is 11.8 Å². The van der Waals surface area contributed by atoms with Crippen LogP contribution in [0, 0.1) is 11.8 Å². The van der Waals surface area contributed by atoms with E-state index in [1.165, 1.54) is 12.0 Å². The van der Waals surface area contributed by atoms with E-state index in [4.69, 9.17) is 14.2 Å². The van der Waals surface area contributed by atoms with Crippen molar-refractivity contribution in [2.45, 2.75) is 19.8 Å². The Balaban J connectivity index is 2.27. The maximum Gasteiger partial charge on any atom is 0.203 e. The summed E-state index contributed by atoms with van der Waals surface area (Å²) < 4.78 is 16.0. The molecule has 0 heterocycles. The third kappa shape index (κ3) is 2.48. The molecule has 2 rings (SSSR count). The number of benzene rings is 1. The molecule has 1 fully saturated rings. The monoisotopic (exact) mass is 236 g/mol. The Morgan fingerprint density at radius 3 is 1.94 bits per heavy atom. The van der Waals surface area contributed by atoms with Crippen LogP contribution in [0.15, 0.2) is 12.1 Å². The first kappa shape index (κ1) is 12.1. The van der Waals surface area contributed by atoms with E-state index in [-0.39, 0.29) is 0 Å².